The first-order chi connectivity index (χ1) is 13.5. The van der Waals surface area contributed by atoms with E-state index in [-0.39, 0.29) is 15.6 Å². The molecule has 28 heavy (non-hydrogen) atoms. The minimum Gasteiger partial charge on any atom is -0.463 e. The molecule has 1 heterocycles. The molecule has 0 aliphatic rings. The van der Waals surface area contributed by atoms with Crippen molar-refractivity contribution in [3.8, 4) is 0 Å². The van der Waals surface area contributed by atoms with Gasteiger partial charge in [-0.25, -0.2) is 13.8 Å². The van der Waals surface area contributed by atoms with Crippen LogP contribution in [0.15, 0.2) is 87.4 Å². The number of nitrogens with one attached hydrogen (secondary N) is 1. The lowest BCUT2D eigenvalue weighted by molar-refractivity contribution is -0.119. The number of rotatable bonds is 7. The van der Waals surface area contributed by atoms with Crippen molar-refractivity contribution < 1.29 is 17.6 Å². The van der Waals surface area contributed by atoms with Gasteiger partial charge in [0.05, 0.1) is 28.1 Å². The van der Waals surface area contributed by atoms with Gasteiger partial charge in [-0.05, 0) is 36.4 Å². The van der Waals surface area contributed by atoms with Crippen LogP contribution in [0, 0.1) is 0 Å². The number of carbonyl (C=O) groups excluding carboxylic acids is 1. The van der Waals surface area contributed by atoms with Gasteiger partial charge in [-0.1, -0.05) is 41.9 Å². The maximum atomic E-state index is 13.1. The Hall–Kier alpha value is -3.10. The number of nitrogens with zero attached hydrogens (tertiary/aromatic N) is 2. The third kappa shape index (κ3) is 4.59. The van der Waals surface area contributed by atoms with Crippen molar-refractivity contribution in [3.05, 3.63) is 83.8 Å². The van der Waals surface area contributed by atoms with Crippen LogP contribution >= 0.6 is 11.6 Å². The summed E-state index contributed by atoms with van der Waals surface area (Å²) in [5.74, 6) is -0.192. The monoisotopic (exact) mass is 417 g/mol. The minimum absolute atomic E-state index is 0.0433. The third-order valence-corrected chi connectivity index (χ3v) is 5.76. The Morgan fingerprint density at radius 2 is 1.79 bits per heavy atom. The van der Waals surface area contributed by atoms with E-state index in [2.05, 4.69) is 10.5 Å². The van der Waals surface area contributed by atoms with Crippen molar-refractivity contribution in [1.29, 1.82) is 0 Å². The van der Waals surface area contributed by atoms with Gasteiger partial charge in [-0.15, -0.1) is 0 Å². The molecule has 0 saturated heterocycles. The van der Waals surface area contributed by atoms with E-state index in [1.807, 2.05) is 0 Å². The molecule has 0 bridgehead atoms. The van der Waals surface area contributed by atoms with Gasteiger partial charge in [0, 0.05) is 0 Å². The molecule has 0 aliphatic heterocycles. The van der Waals surface area contributed by atoms with E-state index in [4.69, 9.17) is 16.0 Å². The van der Waals surface area contributed by atoms with E-state index in [0.29, 0.717) is 5.76 Å². The van der Waals surface area contributed by atoms with E-state index in [0.717, 1.165) is 4.31 Å². The molecular formula is C19H16ClN3O4S. The van der Waals surface area contributed by atoms with Crippen molar-refractivity contribution in [2.24, 2.45) is 5.10 Å². The molecule has 0 unspecified atom stereocenters. The van der Waals surface area contributed by atoms with Crippen LogP contribution < -0.4 is 9.73 Å². The summed E-state index contributed by atoms with van der Waals surface area (Å²) in [6, 6.07) is 17.5. The van der Waals surface area contributed by atoms with Crippen molar-refractivity contribution in [1.82, 2.24) is 5.43 Å². The highest BCUT2D eigenvalue weighted by molar-refractivity contribution is 7.92. The first-order valence-corrected chi connectivity index (χ1v) is 9.98. The number of para-hydroxylation sites is 1. The van der Waals surface area contributed by atoms with Crippen molar-refractivity contribution >= 4 is 39.4 Å². The SMILES string of the molecule is O=C(CN(c1ccccc1Cl)S(=O)(=O)c1ccccc1)N/N=C\c1ccco1. The quantitative estimate of drug-likeness (QED) is 0.471. The highest BCUT2D eigenvalue weighted by atomic mass is 35.5. The summed E-state index contributed by atoms with van der Waals surface area (Å²) in [5.41, 5.74) is 2.48. The third-order valence-electron chi connectivity index (χ3n) is 3.66. The molecule has 3 rings (SSSR count). The zero-order chi connectivity index (χ0) is 20.0. The minimum atomic E-state index is -4.02. The van der Waals surface area contributed by atoms with E-state index in [1.54, 1.807) is 48.5 Å². The normalized spacial score (nSPS) is 11.5. The number of hydrogen-bond donors (Lipinski definition) is 1. The van der Waals surface area contributed by atoms with E-state index in [9.17, 15) is 13.2 Å². The summed E-state index contributed by atoms with van der Waals surface area (Å²) in [5, 5.41) is 3.97. The predicted molar refractivity (Wildman–Crippen MR) is 107 cm³/mol. The van der Waals surface area contributed by atoms with Crippen LogP contribution in [0.2, 0.25) is 5.02 Å². The summed E-state index contributed by atoms with van der Waals surface area (Å²) in [6.07, 6.45) is 2.78. The topological polar surface area (TPSA) is 92.0 Å². The maximum absolute atomic E-state index is 13.1. The van der Waals surface area contributed by atoms with Gasteiger partial charge >= 0.3 is 0 Å². The lowest BCUT2D eigenvalue weighted by Gasteiger charge is -2.24. The molecule has 2 aromatic carbocycles. The van der Waals surface area contributed by atoms with Gasteiger partial charge in [0.25, 0.3) is 15.9 Å². The molecule has 9 heteroatoms. The Balaban J connectivity index is 1.87. The molecule has 1 N–H and O–H groups in total. The molecule has 0 spiro atoms. The largest absolute Gasteiger partial charge is 0.463 e. The molecule has 0 aliphatic carbocycles. The fraction of sp³-hybridized carbons (Fsp3) is 0.0526. The number of hydrogen-bond acceptors (Lipinski definition) is 5. The highest BCUT2D eigenvalue weighted by Crippen LogP contribution is 2.30. The fourth-order valence-electron chi connectivity index (χ4n) is 2.37. The number of halogens is 1. The summed E-state index contributed by atoms with van der Waals surface area (Å²) in [7, 11) is -4.02. The lowest BCUT2D eigenvalue weighted by atomic mass is 10.3. The van der Waals surface area contributed by atoms with Gasteiger partial charge in [0.2, 0.25) is 0 Å². The van der Waals surface area contributed by atoms with E-state index < -0.39 is 22.5 Å². The molecular weight excluding hydrogens is 402 g/mol. The molecule has 0 saturated carbocycles. The highest BCUT2D eigenvalue weighted by Gasteiger charge is 2.28. The van der Waals surface area contributed by atoms with Crippen LogP contribution in [0.25, 0.3) is 0 Å². The van der Waals surface area contributed by atoms with Gasteiger partial charge in [0.1, 0.15) is 12.3 Å². The molecule has 0 radical (unpaired) electrons. The fourth-order valence-corrected chi connectivity index (χ4v) is 4.12. The van der Waals surface area contributed by atoms with Crippen LogP contribution in [-0.4, -0.2) is 27.1 Å². The van der Waals surface area contributed by atoms with E-state index in [1.165, 1.54) is 30.7 Å². The van der Waals surface area contributed by atoms with Crippen molar-refractivity contribution in [2.45, 2.75) is 4.90 Å². The van der Waals surface area contributed by atoms with Crippen LogP contribution in [0.5, 0.6) is 0 Å². The van der Waals surface area contributed by atoms with E-state index >= 15 is 0 Å². The molecule has 1 aromatic heterocycles. The Kier molecular flexibility index (Phi) is 6.13. The zero-order valence-electron chi connectivity index (χ0n) is 14.5. The summed E-state index contributed by atoms with van der Waals surface area (Å²) in [4.78, 5) is 12.4. The summed E-state index contributed by atoms with van der Waals surface area (Å²) >= 11 is 6.19. The molecule has 7 nitrogen and oxygen atoms in total. The number of sulfonamides is 1. The second kappa shape index (κ2) is 8.73. The Morgan fingerprint density at radius 1 is 1.07 bits per heavy atom. The first-order valence-electron chi connectivity index (χ1n) is 8.16. The number of anilines is 1. The molecule has 0 atom stereocenters. The Labute approximate surface area is 167 Å². The number of benzene rings is 2. The Morgan fingerprint density at radius 3 is 2.46 bits per heavy atom. The smallest absolute Gasteiger partial charge is 0.264 e. The zero-order valence-corrected chi connectivity index (χ0v) is 16.1. The molecule has 0 fully saturated rings. The number of amides is 1. The lowest BCUT2D eigenvalue weighted by Crippen LogP contribution is -2.39. The van der Waals surface area contributed by atoms with Gasteiger partial charge in [-0.3, -0.25) is 9.10 Å². The van der Waals surface area contributed by atoms with Gasteiger partial charge in [0.15, 0.2) is 0 Å². The number of carbonyl (C=O) groups is 1. The average molecular weight is 418 g/mol. The summed E-state index contributed by atoms with van der Waals surface area (Å²) < 4.78 is 32.2. The second-order valence-corrected chi connectivity index (χ2v) is 7.85. The van der Waals surface area contributed by atoms with Crippen LogP contribution in [-0.2, 0) is 14.8 Å². The van der Waals surface area contributed by atoms with Crippen LogP contribution in [0.3, 0.4) is 0 Å². The standard InChI is InChI=1S/C19H16ClN3O4S/c20-17-10-4-5-11-18(17)23(28(25,26)16-8-2-1-3-9-16)14-19(24)22-21-13-15-7-6-12-27-15/h1-13H,14H2,(H,22,24)/b21-13-. The van der Waals surface area contributed by atoms with Gasteiger partial charge < -0.3 is 4.42 Å². The van der Waals surface area contributed by atoms with Crippen molar-refractivity contribution in [3.63, 3.8) is 0 Å². The molecule has 3 aromatic rings. The number of hydrazone groups is 1. The number of furan rings is 1. The molecule has 144 valence electrons. The maximum Gasteiger partial charge on any atom is 0.264 e. The van der Waals surface area contributed by atoms with Crippen LogP contribution in [0.4, 0.5) is 5.69 Å². The Bertz CT molecular complexity index is 1070. The second-order valence-electron chi connectivity index (χ2n) is 5.58. The first kappa shape index (κ1) is 19.7. The predicted octanol–water partition coefficient (Wildman–Crippen LogP) is 3.28. The average Bonchev–Trinajstić information content (AvgIpc) is 3.21. The summed E-state index contributed by atoms with van der Waals surface area (Å²) in [6.45, 7) is -0.504. The van der Waals surface area contributed by atoms with Crippen LogP contribution in [0.1, 0.15) is 5.76 Å². The van der Waals surface area contributed by atoms with Gasteiger partial charge in [-0.2, -0.15) is 5.10 Å². The molecule has 1 amide bonds. The van der Waals surface area contributed by atoms with Crippen molar-refractivity contribution in [2.75, 3.05) is 10.8 Å².